The first-order valence-corrected chi connectivity index (χ1v) is 7.44. The summed E-state index contributed by atoms with van der Waals surface area (Å²) in [6, 6.07) is 2.53. The molecule has 148 valence electrons. The number of non-ortho nitro benzene ring substituents is 1. The average molecular weight is 403 g/mol. The average Bonchev–Trinajstić information content (AvgIpc) is 3.13. The smallest absolute Gasteiger partial charge is 0.308 e. The maximum Gasteiger partial charge on any atom is 0.308 e. The SMILES string of the molecule is O=[N+]([O-])c1cc(F)c(N2CC=CC2)c(F)c1.O=[N+]([O-])c1ccc(F)c(F)c1F. The number of nitro groups is 2. The molecule has 28 heavy (non-hydrogen) atoms. The fourth-order valence-electron chi connectivity index (χ4n) is 2.28. The Labute approximate surface area is 153 Å². The third-order valence-corrected chi connectivity index (χ3v) is 3.56. The van der Waals surface area contributed by atoms with Gasteiger partial charge in [-0.05, 0) is 6.07 Å². The number of hydrogen-bond donors (Lipinski definition) is 0. The van der Waals surface area contributed by atoms with Crippen LogP contribution in [0, 0.1) is 49.3 Å². The molecule has 0 amide bonds. The molecular formula is C16H10F5N3O4. The van der Waals surface area contributed by atoms with Gasteiger partial charge in [0.1, 0.15) is 5.69 Å². The van der Waals surface area contributed by atoms with Crippen LogP contribution in [0.25, 0.3) is 0 Å². The molecule has 1 aliphatic rings. The van der Waals surface area contributed by atoms with E-state index < -0.39 is 50.3 Å². The Balaban J connectivity index is 0.000000209. The second kappa shape index (κ2) is 8.41. The molecule has 0 unspecified atom stereocenters. The van der Waals surface area contributed by atoms with E-state index in [1.54, 1.807) is 12.2 Å². The van der Waals surface area contributed by atoms with Crippen LogP contribution in [0.15, 0.2) is 36.4 Å². The summed E-state index contributed by atoms with van der Waals surface area (Å²) in [4.78, 5) is 19.9. The summed E-state index contributed by atoms with van der Waals surface area (Å²) in [5, 5.41) is 20.3. The van der Waals surface area contributed by atoms with Gasteiger partial charge in [-0.3, -0.25) is 20.2 Å². The van der Waals surface area contributed by atoms with Crippen molar-refractivity contribution in [3.05, 3.63) is 85.7 Å². The van der Waals surface area contributed by atoms with Crippen LogP contribution >= 0.6 is 0 Å². The number of rotatable bonds is 3. The molecule has 2 aromatic carbocycles. The van der Waals surface area contributed by atoms with Crippen LogP contribution in [0.2, 0.25) is 0 Å². The number of benzene rings is 2. The highest BCUT2D eigenvalue weighted by Gasteiger charge is 2.22. The van der Waals surface area contributed by atoms with Crippen LogP contribution < -0.4 is 4.90 Å². The van der Waals surface area contributed by atoms with E-state index in [2.05, 4.69) is 0 Å². The summed E-state index contributed by atoms with van der Waals surface area (Å²) in [7, 11) is 0. The van der Waals surface area contributed by atoms with Crippen LogP contribution in [-0.4, -0.2) is 22.9 Å². The summed E-state index contributed by atoms with van der Waals surface area (Å²) >= 11 is 0. The van der Waals surface area contributed by atoms with E-state index in [0.717, 1.165) is 12.1 Å². The Hall–Kier alpha value is -3.57. The topological polar surface area (TPSA) is 89.5 Å². The van der Waals surface area contributed by atoms with Crippen molar-refractivity contribution in [3.8, 4) is 0 Å². The summed E-state index contributed by atoms with van der Waals surface area (Å²) in [6.07, 6.45) is 3.56. The Morgan fingerprint density at radius 1 is 0.786 bits per heavy atom. The van der Waals surface area contributed by atoms with E-state index >= 15 is 0 Å². The first kappa shape index (κ1) is 20.7. The highest BCUT2D eigenvalue weighted by Crippen LogP contribution is 2.29. The molecular weight excluding hydrogens is 393 g/mol. The Kier molecular flexibility index (Phi) is 6.23. The zero-order chi connectivity index (χ0) is 21.0. The molecule has 7 nitrogen and oxygen atoms in total. The van der Waals surface area contributed by atoms with Crippen LogP contribution in [0.3, 0.4) is 0 Å². The van der Waals surface area contributed by atoms with Crippen molar-refractivity contribution in [2.45, 2.75) is 0 Å². The molecule has 0 bridgehead atoms. The number of hydrogen-bond acceptors (Lipinski definition) is 5. The first-order valence-electron chi connectivity index (χ1n) is 7.44. The number of halogens is 5. The standard InChI is InChI=1S/C10H8F2N2O2.C6H2F3NO2/c11-8-5-7(14(15)16)6-9(12)10(8)13-3-1-2-4-13;7-3-1-2-4(10(11)12)6(9)5(3)8/h1-2,5-6H,3-4H2;1-2H. The highest BCUT2D eigenvalue weighted by molar-refractivity contribution is 5.55. The van der Waals surface area contributed by atoms with Crippen molar-refractivity contribution >= 4 is 17.1 Å². The monoisotopic (exact) mass is 403 g/mol. The minimum atomic E-state index is -1.83. The van der Waals surface area contributed by atoms with Crippen LogP contribution in [0.4, 0.5) is 39.0 Å². The van der Waals surface area contributed by atoms with Gasteiger partial charge >= 0.3 is 5.69 Å². The van der Waals surface area contributed by atoms with Crippen molar-refractivity contribution in [3.63, 3.8) is 0 Å². The maximum atomic E-state index is 13.5. The molecule has 0 atom stereocenters. The van der Waals surface area contributed by atoms with Gasteiger partial charge in [0, 0.05) is 19.2 Å². The van der Waals surface area contributed by atoms with E-state index in [0.29, 0.717) is 25.2 Å². The fraction of sp³-hybridized carbons (Fsp3) is 0.125. The van der Waals surface area contributed by atoms with Crippen LogP contribution in [-0.2, 0) is 0 Å². The maximum absolute atomic E-state index is 13.5. The number of nitro benzene ring substituents is 2. The Morgan fingerprint density at radius 3 is 1.79 bits per heavy atom. The fourth-order valence-corrected chi connectivity index (χ4v) is 2.28. The summed E-state index contributed by atoms with van der Waals surface area (Å²) in [5.41, 5.74) is -1.87. The largest absolute Gasteiger partial charge is 0.359 e. The van der Waals surface area contributed by atoms with Gasteiger partial charge in [0.25, 0.3) is 5.69 Å². The highest BCUT2D eigenvalue weighted by atomic mass is 19.2. The molecule has 0 N–H and O–H groups in total. The Bertz CT molecular complexity index is 937. The third kappa shape index (κ3) is 4.39. The van der Waals surface area contributed by atoms with Gasteiger partial charge in [-0.1, -0.05) is 12.2 Å². The Morgan fingerprint density at radius 2 is 1.32 bits per heavy atom. The predicted molar refractivity (Wildman–Crippen MR) is 87.3 cm³/mol. The van der Waals surface area contributed by atoms with Crippen molar-refractivity contribution in [2.24, 2.45) is 0 Å². The van der Waals surface area contributed by atoms with Crippen molar-refractivity contribution in [1.82, 2.24) is 0 Å². The zero-order valence-electron chi connectivity index (χ0n) is 13.7. The molecule has 0 aromatic heterocycles. The van der Waals surface area contributed by atoms with Gasteiger partial charge in [-0.25, -0.2) is 17.6 Å². The van der Waals surface area contributed by atoms with E-state index in [-0.39, 0.29) is 5.69 Å². The van der Waals surface area contributed by atoms with E-state index in [9.17, 15) is 42.2 Å². The lowest BCUT2D eigenvalue weighted by Gasteiger charge is -2.18. The first-order chi connectivity index (χ1) is 13.1. The van der Waals surface area contributed by atoms with E-state index in [4.69, 9.17) is 0 Å². The number of nitrogens with zero attached hydrogens (tertiary/aromatic N) is 3. The molecule has 0 radical (unpaired) electrons. The lowest BCUT2D eigenvalue weighted by molar-refractivity contribution is -0.387. The molecule has 12 heteroatoms. The molecule has 2 aromatic rings. The molecule has 0 spiro atoms. The summed E-state index contributed by atoms with van der Waals surface area (Å²) in [5.74, 6) is -6.87. The van der Waals surface area contributed by atoms with E-state index in [1.807, 2.05) is 0 Å². The summed E-state index contributed by atoms with van der Waals surface area (Å²) < 4.78 is 64.0. The minimum absolute atomic E-state index is 0.212. The zero-order valence-corrected chi connectivity index (χ0v) is 13.7. The van der Waals surface area contributed by atoms with Gasteiger partial charge < -0.3 is 4.90 Å². The van der Waals surface area contributed by atoms with E-state index in [1.165, 1.54) is 4.90 Å². The lowest BCUT2D eigenvalue weighted by atomic mass is 10.2. The number of anilines is 1. The molecule has 0 saturated heterocycles. The molecule has 0 saturated carbocycles. The second-order valence-corrected chi connectivity index (χ2v) is 5.34. The van der Waals surface area contributed by atoms with Gasteiger partial charge in [0.05, 0.1) is 22.0 Å². The van der Waals surface area contributed by atoms with Crippen LogP contribution in [0.5, 0.6) is 0 Å². The molecule has 0 fully saturated rings. The van der Waals surface area contributed by atoms with Gasteiger partial charge in [0.15, 0.2) is 17.5 Å². The predicted octanol–water partition coefficient (Wildman–Crippen LogP) is 4.26. The summed E-state index contributed by atoms with van der Waals surface area (Å²) in [6.45, 7) is 0.817. The van der Waals surface area contributed by atoms with Crippen molar-refractivity contribution in [2.75, 3.05) is 18.0 Å². The molecule has 1 heterocycles. The minimum Gasteiger partial charge on any atom is -0.359 e. The quantitative estimate of drug-likeness (QED) is 0.251. The molecule has 1 aliphatic heterocycles. The third-order valence-electron chi connectivity index (χ3n) is 3.56. The van der Waals surface area contributed by atoms with Crippen molar-refractivity contribution in [1.29, 1.82) is 0 Å². The van der Waals surface area contributed by atoms with Crippen molar-refractivity contribution < 1.29 is 31.8 Å². The lowest BCUT2D eigenvalue weighted by Crippen LogP contribution is -2.21. The molecule has 0 aliphatic carbocycles. The van der Waals surface area contributed by atoms with Gasteiger partial charge in [-0.15, -0.1) is 0 Å². The van der Waals surface area contributed by atoms with Gasteiger partial charge in [-0.2, -0.15) is 4.39 Å². The van der Waals surface area contributed by atoms with Gasteiger partial charge in [0.2, 0.25) is 11.6 Å². The second-order valence-electron chi connectivity index (χ2n) is 5.34. The van der Waals surface area contributed by atoms with Crippen LogP contribution in [0.1, 0.15) is 0 Å². The normalized spacial score (nSPS) is 12.5. The molecule has 3 rings (SSSR count).